The van der Waals surface area contributed by atoms with E-state index in [9.17, 15) is 0 Å². The fourth-order valence-electron chi connectivity index (χ4n) is 1.85. The van der Waals surface area contributed by atoms with Crippen LogP contribution in [0.2, 0.25) is 0 Å². The topological polar surface area (TPSA) is 62.3 Å². The Balaban J connectivity index is 2.76. The van der Waals surface area contributed by atoms with Crippen LogP contribution in [0, 0.1) is 0 Å². The van der Waals surface area contributed by atoms with E-state index in [2.05, 4.69) is 30.3 Å². The highest BCUT2D eigenvalue weighted by molar-refractivity contribution is 5.38. The molecule has 0 radical (unpaired) electrons. The number of aromatic nitrogens is 2. The summed E-state index contributed by atoms with van der Waals surface area (Å²) in [6.45, 7) is 8.90. The number of hydrogen-bond acceptors (Lipinski definition) is 4. The molecule has 0 saturated heterocycles. The molecule has 1 rings (SSSR count). The Labute approximate surface area is 109 Å². The molecule has 0 atom stereocenters. The van der Waals surface area contributed by atoms with E-state index in [1.807, 2.05) is 0 Å². The summed E-state index contributed by atoms with van der Waals surface area (Å²) >= 11 is 0. The molecule has 18 heavy (non-hydrogen) atoms. The summed E-state index contributed by atoms with van der Waals surface area (Å²) in [5.74, 6) is 2.14. The molecule has 0 aliphatic heterocycles. The van der Waals surface area contributed by atoms with Crippen molar-refractivity contribution in [3.05, 3.63) is 11.5 Å². The molecule has 1 heterocycles. The van der Waals surface area contributed by atoms with E-state index in [0.717, 1.165) is 30.3 Å². The maximum atomic E-state index is 6.13. The molecule has 0 fully saturated rings. The molecule has 0 spiro atoms. The molecule has 0 bridgehead atoms. The molecule has 5 nitrogen and oxygen atoms in total. The SMILES string of the molecule is CCCn1c(C(C)C)nc(COCCOC)c1N. The van der Waals surface area contributed by atoms with E-state index < -0.39 is 0 Å². The third-order valence-electron chi connectivity index (χ3n) is 2.75. The average molecular weight is 255 g/mol. The minimum Gasteiger partial charge on any atom is -0.383 e. The van der Waals surface area contributed by atoms with Gasteiger partial charge in [-0.15, -0.1) is 0 Å². The lowest BCUT2D eigenvalue weighted by atomic mass is 10.2. The molecule has 0 amide bonds. The van der Waals surface area contributed by atoms with Gasteiger partial charge in [0.15, 0.2) is 0 Å². The molecule has 2 N–H and O–H groups in total. The number of nitrogens with zero attached hydrogens (tertiary/aromatic N) is 2. The van der Waals surface area contributed by atoms with Crippen LogP contribution in [0.5, 0.6) is 0 Å². The average Bonchev–Trinajstić information content (AvgIpc) is 2.64. The summed E-state index contributed by atoms with van der Waals surface area (Å²) in [5, 5.41) is 0. The maximum Gasteiger partial charge on any atom is 0.129 e. The lowest BCUT2D eigenvalue weighted by Crippen LogP contribution is -2.08. The number of imidazole rings is 1. The van der Waals surface area contributed by atoms with Crippen LogP contribution >= 0.6 is 0 Å². The third-order valence-corrected chi connectivity index (χ3v) is 2.75. The lowest BCUT2D eigenvalue weighted by molar-refractivity contribution is 0.0605. The van der Waals surface area contributed by atoms with E-state index >= 15 is 0 Å². The fourth-order valence-corrected chi connectivity index (χ4v) is 1.85. The number of anilines is 1. The first-order valence-electron chi connectivity index (χ1n) is 6.53. The van der Waals surface area contributed by atoms with Crippen molar-refractivity contribution in [2.24, 2.45) is 0 Å². The fraction of sp³-hybridized carbons (Fsp3) is 0.769. The van der Waals surface area contributed by atoms with E-state index in [4.69, 9.17) is 15.2 Å². The molecule has 5 heteroatoms. The number of methoxy groups -OCH3 is 1. The van der Waals surface area contributed by atoms with Gasteiger partial charge in [-0.05, 0) is 6.42 Å². The summed E-state index contributed by atoms with van der Waals surface area (Å²) in [6.07, 6.45) is 1.05. The van der Waals surface area contributed by atoms with Crippen LogP contribution in [0.4, 0.5) is 5.82 Å². The van der Waals surface area contributed by atoms with Crippen LogP contribution in [0.3, 0.4) is 0 Å². The maximum absolute atomic E-state index is 6.13. The smallest absolute Gasteiger partial charge is 0.129 e. The normalized spacial score (nSPS) is 11.4. The van der Waals surface area contributed by atoms with Crippen molar-refractivity contribution in [3.8, 4) is 0 Å². The molecule has 0 aromatic carbocycles. The van der Waals surface area contributed by atoms with Gasteiger partial charge < -0.3 is 19.8 Å². The Morgan fingerprint density at radius 2 is 2.06 bits per heavy atom. The first kappa shape index (κ1) is 15.0. The van der Waals surface area contributed by atoms with Crippen LogP contribution in [0.1, 0.15) is 44.6 Å². The van der Waals surface area contributed by atoms with E-state index in [1.165, 1.54) is 0 Å². The van der Waals surface area contributed by atoms with Crippen molar-refractivity contribution in [2.75, 3.05) is 26.1 Å². The summed E-state index contributed by atoms with van der Waals surface area (Å²) in [7, 11) is 1.66. The van der Waals surface area contributed by atoms with Gasteiger partial charge >= 0.3 is 0 Å². The zero-order valence-corrected chi connectivity index (χ0v) is 11.9. The molecule has 0 aliphatic rings. The van der Waals surface area contributed by atoms with Gasteiger partial charge in [-0.3, -0.25) is 0 Å². The summed E-state index contributed by atoms with van der Waals surface area (Å²) in [4.78, 5) is 4.60. The van der Waals surface area contributed by atoms with Crippen molar-refractivity contribution in [2.45, 2.75) is 46.3 Å². The van der Waals surface area contributed by atoms with Crippen molar-refractivity contribution >= 4 is 5.82 Å². The predicted molar refractivity (Wildman–Crippen MR) is 72.6 cm³/mol. The monoisotopic (exact) mass is 255 g/mol. The van der Waals surface area contributed by atoms with Gasteiger partial charge in [-0.1, -0.05) is 20.8 Å². The highest BCUT2D eigenvalue weighted by Crippen LogP contribution is 2.22. The Kier molecular flexibility index (Phi) is 6.15. The zero-order valence-electron chi connectivity index (χ0n) is 11.9. The third kappa shape index (κ3) is 3.71. The Hall–Kier alpha value is -1.07. The highest BCUT2D eigenvalue weighted by Gasteiger charge is 2.16. The quantitative estimate of drug-likeness (QED) is 0.723. The van der Waals surface area contributed by atoms with Crippen LogP contribution < -0.4 is 5.73 Å². The van der Waals surface area contributed by atoms with Crippen molar-refractivity contribution < 1.29 is 9.47 Å². The van der Waals surface area contributed by atoms with Crippen molar-refractivity contribution in [1.82, 2.24) is 9.55 Å². The number of hydrogen-bond donors (Lipinski definition) is 1. The second-order valence-corrected chi connectivity index (χ2v) is 4.65. The Bertz CT molecular complexity index is 361. The minimum absolute atomic E-state index is 0.367. The Morgan fingerprint density at radius 3 is 2.61 bits per heavy atom. The molecule has 0 saturated carbocycles. The molecular weight excluding hydrogens is 230 g/mol. The number of nitrogens with two attached hydrogens (primary N) is 1. The second kappa shape index (κ2) is 7.38. The van der Waals surface area contributed by atoms with Gasteiger partial charge in [-0.25, -0.2) is 4.98 Å². The van der Waals surface area contributed by atoms with Gasteiger partial charge in [-0.2, -0.15) is 0 Å². The molecule has 0 unspecified atom stereocenters. The summed E-state index contributed by atoms with van der Waals surface area (Å²) < 4.78 is 12.5. The van der Waals surface area contributed by atoms with Crippen LogP contribution in [0.15, 0.2) is 0 Å². The molecule has 1 aromatic rings. The molecular formula is C13H25N3O2. The van der Waals surface area contributed by atoms with Gasteiger partial charge in [0, 0.05) is 19.6 Å². The standard InChI is InChI=1S/C13H25N3O2/c1-5-6-16-12(14)11(9-18-8-7-17-4)15-13(16)10(2)3/h10H,5-9,14H2,1-4H3. The van der Waals surface area contributed by atoms with E-state index in [1.54, 1.807) is 7.11 Å². The first-order chi connectivity index (χ1) is 8.61. The first-order valence-corrected chi connectivity index (χ1v) is 6.53. The van der Waals surface area contributed by atoms with Crippen molar-refractivity contribution in [3.63, 3.8) is 0 Å². The second-order valence-electron chi connectivity index (χ2n) is 4.65. The van der Waals surface area contributed by atoms with Crippen LogP contribution in [-0.4, -0.2) is 29.9 Å². The lowest BCUT2D eigenvalue weighted by Gasteiger charge is -2.10. The molecule has 1 aromatic heterocycles. The van der Waals surface area contributed by atoms with Crippen molar-refractivity contribution in [1.29, 1.82) is 0 Å². The van der Waals surface area contributed by atoms with Gasteiger partial charge in [0.25, 0.3) is 0 Å². The minimum atomic E-state index is 0.367. The number of ether oxygens (including phenoxy) is 2. The van der Waals surface area contributed by atoms with Gasteiger partial charge in [0.05, 0.1) is 19.8 Å². The van der Waals surface area contributed by atoms with Crippen LogP contribution in [0.25, 0.3) is 0 Å². The molecule has 0 aliphatic carbocycles. The summed E-state index contributed by atoms with van der Waals surface area (Å²) in [6, 6.07) is 0. The zero-order chi connectivity index (χ0) is 13.5. The predicted octanol–water partition coefficient (Wildman–Crippen LogP) is 2.16. The highest BCUT2D eigenvalue weighted by atomic mass is 16.5. The Morgan fingerprint density at radius 1 is 1.33 bits per heavy atom. The van der Waals surface area contributed by atoms with E-state index in [-0.39, 0.29) is 0 Å². The summed E-state index contributed by atoms with van der Waals surface area (Å²) in [5.41, 5.74) is 6.97. The molecule has 104 valence electrons. The largest absolute Gasteiger partial charge is 0.383 e. The van der Waals surface area contributed by atoms with E-state index in [0.29, 0.717) is 25.7 Å². The van der Waals surface area contributed by atoms with Crippen LogP contribution in [-0.2, 0) is 22.6 Å². The number of nitrogen functional groups attached to an aromatic ring is 1. The number of rotatable bonds is 8. The van der Waals surface area contributed by atoms with Gasteiger partial charge in [0.1, 0.15) is 17.3 Å². The van der Waals surface area contributed by atoms with Gasteiger partial charge in [0.2, 0.25) is 0 Å².